The Hall–Kier alpha value is -2.35. The summed E-state index contributed by atoms with van der Waals surface area (Å²) in [6.07, 6.45) is 0. The number of anilines is 1. The van der Waals surface area contributed by atoms with Gasteiger partial charge in [-0.15, -0.1) is 0 Å². The maximum atomic E-state index is 4.78. The number of para-hydroxylation sites is 1. The van der Waals surface area contributed by atoms with E-state index in [1.54, 1.807) is 0 Å². The van der Waals surface area contributed by atoms with Crippen molar-refractivity contribution in [2.45, 2.75) is 0 Å². The highest BCUT2D eigenvalue weighted by Gasteiger charge is 2.10. The molecule has 3 aromatic rings. The van der Waals surface area contributed by atoms with Crippen LogP contribution in [-0.4, -0.2) is 19.1 Å². The van der Waals surface area contributed by atoms with Crippen LogP contribution in [0.5, 0.6) is 0 Å². The summed E-state index contributed by atoms with van der Waals surface area (Å²) in [5.41, 5.74) is 3.40. The van der Waals surface area contributed by atoms with Crippen LogP contribution < -0.4 is 4.90 Å². The van der Waals surface area contributed by atoms with Crippen LogP contribution in [0, 0.1) is 0 Å². The average Bonchev–Trinajstić information content (AvgIpc) is 2.46. The van der Waals surface area contributed by atoms with Crippen LogP contribution in [0.15, 0.2) is 60.7 Å². The van der Waals surface area contributed by atoms with Gasteiger partial charge in [0.25, 0.3) is 0 Å². The minimum Gasteiger partial charge on any atom is -0.362 e. The molecule has 0 unspecified atom stereocenters. The fraction of sp³-hybridized carbons (Fsp3) is 0.118. The van der Waals surface area contributed by atoms with E-state index in [4.69, 9.17) is 4.98 Å². The van der Waals surface area contributed by atoms with Gasteiger partial charge in [-0.25, -0.2) is 4.98 Å². The SMILES string of the molecule is CN(C)c1nc2ccccc2cc1-c1ccccc1. The number of nitrogens with zero attached hydrogens (tertiary/aromatic N) is 2. The zero-order valence-electron chi connectivity index (χ0n) is 11.2. The van der Waals surface area contributed by atoms with Gasteiger partial charge in [0.2, 0.25) is 0 Å². The van der Waals surface area contributed by atoms with Gasteiger partial charge in [-0.2, -0.15) is 0 Å². The van der Waals surface area contributed by atoms with Crippen LogP contribution in [0.25, 0.3) is 22.0 Å². The molecule has 19 heavy (non-hydrogen) atoms. The molecule has 0 radical (unpaired) electrons. The largest absolute Gasteiger partial charge is 0.362 e. The van der Waals surface area contributed by atoms with Gasteiger partial charge in [-0.05, 0) is 17.7 Å². The van der Waals surface area contributed by atoms with Crippen molar-refractivity contribution in [2.75, 3.05) is 19.0 Å². The molecule has 0 aliphatic heterocycles. The Morgan fingerprint density at radius 3 is 2.26 bits per heavy atom. The first-order valence-electron chi connectivity index (χ1n) is 6.38. The molecule has 0 fully saturated rings. The third-order valence-corrected chi connectivity index (χ3v) is 3.21. The minimum atomic E-state index is 1.00. The number of hydrogen-bond donors (Lipinski definition) is 0. The second kappa shape index (κ2) is 4.73. The third-order valence-electron chi connectivity index (χ3n) is 3.21. The van der Waals surface area contributed by atoms with E-state index in [0.717, 1.165) is 11.3 Å². The van der Waals surface area contributed by atoms with Crippen molar-refractivity contribution in [3.8, 4) is 11.1 Å². The van der Waals surface area contributed by atoms with Crippen LogP contribution >= 0.6 is 0 Å². The van der Waals surface area contributed by atoms with E-state index in [2.05, 4.69) is 47.4 Å². The molecule has 0 N–H and O–H groups in total. The molecule has 2 heteroatoms. The lowest BCUT2D eigenvalue weighted by Gasteiger charge is -2.17. The normalized spacial score (nSPS) is 10.6. The van der Waals surface area contributed by atoms with Crippen LogP contribution in [0.2, 0.25) is 0 Å². The highest BCUT2D eigenvalue weighted by molar-refractivity contribution is 5.89. The molecule has 2 aromatic carbocycles. The van der Waals surface area contributed by atoms with Crippen LogP contribution in [0.1, 0.15) is 0 Å². The highest BCUT2D eigenvalue weighted by atomic mass is 15.1. The molecule has 0 spiro atoms. The molecule has 1 aromatic heterocycles. The zero-order chi connectivity index (χ0) is 13.2. The predicted molar refractivity (Wildman–Crippen MR) is 81.5 cm³/mol. The van der Waals surface area contributed by atoms with Crippen molar-refractivity contribution in [3.63, 3.8) is 0 Å². The zero-order valence-corrected chi connectivity index (χ0v) is 11.2. The summed E-state index contributed by atoms with van der Waals surface area (Å²) in [7, 11) is 4.06. The second-order valence-electron chi connectivity index (χ2n) is 4.81. The monoisotopic (exact) mass is 248 g/mol. The van der Waals surface area contributed by atoms with Crippen LogP contribution in [-0.2, 0) is 0 Å². The quantitative estimate of drug-likeness (QED) is 0.682. The lowest BCUT2D eigenvalue weighted by atomic mass is 10.0. The van der Waals surface area contributed by atoms with Gasteiger partial charge in [-0.3, -0.25) is 0 Å². The van der Waals surface area contributed by atoms with E-state index < -0.39 is 0 Å². The van der Waals surface area contributed by atoms with Crippen molar-refractivity contribution >= 4 is 16.7 Å². The van der Waals surface area contributed by atoms with Crippen LogP contribution in [0.4, 0.5) is 5.82 Å². The fourth-order valence-electron chi connectivity index (χ4n) is 2.28. The topological polar surface area (TPSA) is 16.1 Å². The van der Waals surface area contributed by atoms with Gasteiger partial charge in [0.15, 0.2) is 0 Å². The smallest absolute Gasteiger partial charge is 0.136 e. The number of fused-ring (bicyclic) bond motifs is 1. The number of rotatable bonds is 2. The summed E-state index contributed by atoms with van der Waals surface area (Å²) >= 11 is 0. The van der Waals surface area contributed by atoms with Gasteiger partial charge < -0.3 is 4.90 Å². The van der Waals surface area contributed by atoms with Gasteiger partial charge in [0, 0.05) is 25.0 Å². The summed E-state index contributed by atoms with van der Waals surface area (Å²) in [4.78, 5) is 6.84. The average molecular weight is 248 g/mol. The molecule has 0 bridgehead atoms. The molecular weight excluding hydrogens is 232 g/mol. The lowest BCUT2D eigenvalue weighted by molar-refractivity contribution is 1.08. The van der Waals surface area contributed by atoms with Gasteiger partial charge >= 0.3 is 0 Å². The summed E-state index contributed by atoms with van der Waals surface area (Å²) in [6, 6.07) is 20.8. The minimum absolute atomic E-state index is 1.00. The van der Waals surface area contributed by atoms with E-state index in [1.807, 2.05) is 32.3 Å². The molecule has 0 saturated carbocycles. The molecule has 0 aliphatic rings. The Labute approximate surface area is 113 Å². The summed E-state index contributed by atoms with van der Waals surface area (Å²) in [5, 5.41) is 1.17. The summed E-state index contributed by atoms with van der Waals surface area (Å²) in [5.74, 6) is 1.00. The predicted octanol–water partition coefficient (Wildman–Crippen LogP) is 3.97. The summed E-state index contributed by atoms with van der Waals surface area (Å²) in [6.45, 7) is 0. The molecule has 2 nitrogen and oxygen atoms in total. The van der Waals surface area contributed by atoms with Crippen molar-refractivity contribution in [2.24, 2.45) is 0 Å². The van der Waals surface area contributed by atoms with E-state index in [9.17, 15) is 0 Å². The molecule has 0 amide bonds. The van der Waals surface area contributed by atoms with Gasteiger partial charge in [0.1, 0.15) is 5.82 Å². The van der Waals surface area contributed by atoms with E-state index in [-0.39, 0.29) is 0 Å². The molecule has 0 atom stereocenters. The maximum absolute atomic E-state index is 4.78. The van der Waals surface area contributed by atoms with Crippen LogP contribution in [0.3, 0.4) is 0 Å². The van der Waals surface area contributed by atoms with Gasteiger partial charge in [0.05, 0.1) is 5.52 Å². The Bertz CT molecular complexity index is 703. The summed E-state index contributed by atoms with van der Waals surface area (Å²) < 4.78 is 0. The first-order chi connectivity index (χ1) is 9.25. The molecule has 3 rings (SSSR count). The second-order valence-corrected chi connectivity index (χ2v) is 4.81. The third kappa shape index (κ3) is 2.17. The molecule has 0 aliphatic carbocycles. The van der Waals surface area contributed by atoms with E-state index in [0.29, 0.717) is 0 Å². The Kier molecular flexibility index (Phi) is 2.92. The number of pyridine rings is 1. The Balaban J connectivity index is 2.30. The fourth-order valence-corrected chi connectivity index (χ4v) is 2.28. The molecule has 0 saturated heterocycles. The first-order valence-corrected chi connectivity index (χ1v) is 6.38. The Morgan fingerprint density at radius 1 is 0.842 bits per heavy atom. The van der Waals surface area contributed by atoms with Crippen molar-refractivity contribution < 1.29 is 0 Å². The highest BCUT2D eigenvalue weighted by Crippen LogP contribution is 2.31. The van der Waals surface area contributed by atoms with Crippen molar-refractivity contribution in [3.05, 3.63) is 60.7 Å². The van der Waals surface area contributed by atoms with Crippen molar-refractivity contribution in [1.82, 2.24) is 4.98 Å². The molecule has 94 valence electrons. The number of benzene rings is 2. The Morgan fingerprint density at radius 2 is 1.53 bits per heavy atom. The number of aromatic nitrogens is 1. The standard InChI is InChI=1S/C17H16N2/c1-19(2)17-15(13-8-4-3-5-9-13)12-14-10-6-7-11-16(14)18-17/h3-12H,1-2H3. The number of hydrogen-bond acceptors (Lipinski definition) is 2. The van der Waals surface area contributed by atoms with Crippen molar-refractivity contribution in [1.29, 1.82) is 0 Å². The van der Waals surface area contributed by atoms with E-state index in [1.165, 1.54) is 16.5 Å². The molecular formula is C17H16N2. The van der Waals surface area contributed by atoms with Gasteiger partial charge in [-0.1, -0.05) is 48.5 Å². The lowest BCUT2D eigenvalue weighted by Crippen LogP contribution is -2.12. The molecule has 1 heterocycles. The maximum Gasteiger partial charge on any atom is 0.136 e. The van der Waals surface area contributed by atoms with E-state index >= 15 is 0 Å². The first kappa shape index (κ1) is 11.7.